The second kappa shape index (κ2) is 4.13. The van der Waals surface area contributed by atoms with Crippen molar-refractivity contribution in [3.8, 4) is 0 Å². The molecule has 1 saturated heterocycles. The summed E-state index contributed by atoms with van der Waals surface area (Å²) in [6.07, 6.45) is 0.890. The number of epoxide rings is 1. The molecule has 2 rings (SSSR count). The zero-order chi connectivity index (χ0) is 9.80. The van der Waals surface area contributed by atoms with Gasteiger partial charge >= 0.3 is 0 Å². The number of benzene rings is 1. The zero-order valence-electron chi connectivity index (χ0n) is 7.71. The van der Waals surface area contributed by atoms with Gasteiger partial charge in [0.05, 0.1) is 18.8 Å². The maximum Gasteiger partial charge on any atom is 0.0897 e. The predicted octanol–water partition coefficient (Wildman–Crippen LogP) is 2.31. The van der Waals surface area contributed by atoms with Crippen molar-refractivity contribution in [1.82, 2.24) is 0 Å². The molecule has 1 aliphatic rings. The Balaban J connectivity index is 2.03. The molecule has 0 bridgehead atoms. The Morgan fingerprint density at radius 3 is 2.79 bits per heavy atom. The van der Waals surface area contributed by atoms with E-state index in [0.717, 1.165) is 13.0 Å². The van der Waals surface area contributed by atoms with Crippen LogP contribution in [0, 0.1) is 0 Å². The number of hydrogen-bond donors (Lipinski definition) is 0. The van der Waals surface area contributed by atoms with E-state index in [1.165, 1.54) is 5.56 Å². The minimum absolute atomic E-state index is 0.0533. The standard InChI is InChI=1S/C10H11N3O/c11-13-12-9(10-7-14-10)6-8-4-2-1-3-5-8/h1-5,9-10H,6-7H2/t9-,10?/m0/s1. The van der Waals surface area contributed by atoms with Gasteiger partial charge in [0.2, 0.25) is 0 Å². The molecule has 1 aromatic carbocycles. The lowest BCUT2D eigenvalue weighted by molar-refractivity contribution is 0.371. The molecule has 14 heavy (non-hydrogen) atoms. The molecule has 1 aromatic rings. The fourth-order valence-corrected chi connectivity index (χ4v) is 1.45. The van der Waals surface area contributed by atoms with E-state index in [1.54, 1.807) is 0 Å². The van der Waals surface area contributed by atoms with Crippen molar-refractivity contribution in [3.63, 3.8) is 0 Å². The van der Waals surface area contributed by atoms with E-state index in [4.69, 9.17) is 10.3 Å². The Morgan fingerprint density at radius 2 is 2.21 bits per heavy atom. The molecule has 0 aliphatic carbocycles. The fraction of sp³-hybridized carbons (Fsp3) is 0.400. The lowest BCUT2D eigenvalue weighted by Gasteiger charge is -2.06. The van der Waals surface area contributed by atoms with E-state index in [2.05, 4.69) is 10.0 Å². The Hall–Kier alpha value is -1.51. The van der Waals surface area contributed by atoms with Crippen LogP contribution in [0.5, 0.6) is 0 Å². The smallest absolute Gasteiger partial charge is 0.0897 e. The Kier molecular flexibility index (Phi) is 2.68. The lowest BCUT2D eigenvalue weighted by atomic mass is 10.0. The zero-order valence-corrected chi connectivity index (χ0v) is 7.71. The first-order chi connectivity index (χ1) is 6.90. The Labute approximate surface area is 82.1 Å². The summed E-state index contributed by atoms with van der Waals surface area (Å²) in [5, 5.41) is 3.74. The lowest BCUT2D eigenvalue weighted by Crippen LogP contribution is -2.15. The van der Waals surface area contributed by atoms with Crippen molar-refractivity contribution in [2.24, 2.45) is 5.11 Å². The van der Waals surface area contributed by atoms with Gasteiger partial charge < -0.3 is 4.74 Å². The molecule has 0 radical (unpaired) electrons. The van der Waals surface area contributed by atoms with Gasteiger partial charge in [-0.05, 0) is 17.5 Å². The molecule has 1 heterocycles. The summed E-state index contributed by atoms with van der Waals surface area (Å²) in [7, 11) is 0. The summed E-state index contributed by atoms with van der Waals surface area (Å²) in [6, 6.07) is 9.94. The highest BCUT2D eigenvalue weighted by Gasteiger charge is 2.31. The summed E-state index contributed by atoms with van der Waals surface area (Å²) in [5.41, 5.74) is 9.58. The summed E-state index contributed by atoms with van der Waals surface area (Å²) >= 11 is 0. The number of azide groups is 1. The van der Waals surface area contributed by atoms with E-state index in [0.29, 0.717) is 0 Å². The molecule has 0 N–H and O–H groups in total. The molecule has 1 aliphatic heterocycles. The third-order valence-corrected chi connectivity index (χ3v) is 2.28. The molecule has 1 unspecified atom stereocenters. The minimum atomic E-state index is -0.0533. The van der Waals surface area contributed by atoms with Crippen molar-refractivity contribution in [2.75, 3.05) is 6.61 Å². The van der Waals surface area contributed by atoms with Gasteiger partial charge in [-0.2, -0.15) is 0 Å². The number of hydrogen-bond acceptors (Lipinski definition) is 2. The molecule has 0 saturated carbocycles. The van der Waals surface area contributed by atoms with Crippen molar-refractivity contribution in [3.05, 3.63) is 46.3 Å². The molecular formula is C10H11N3O. The molecule has 2 atom stereocenters. The fourth-order valence-electron chi connectivity index (χ4n) is 1.45. The van der Waals surface area contributed by atoms with Crippen LogP contribution < -0.4 is 0 Å². The molecule has 1 fully saturated rings. The Morgan fingerprint density at radius 1 is 1.50 bits per heavy atom. The van der Waals surface area contributed by atoms with E-state index in [9.17, 15) is 0 Å². The number of ether oxygens (including phenoxy) is 1. The van der Waals surface area contributed by atoms with Gasteiger partial charge in [0.1, 0.15) is 0 Å². The van der Waals surface area contributed by atoms with Crippen LogP contribution in [0.2, 0.25) is 0 Å². The SMILES string of the molecule is [N-]=[N+]=N[C@@H](Cc1ccccc1)C1CO1. The van der Waals surface area contributed by atoms with Crippen molar-refractivity contribution in [1.29, 1.82) is 0 Å². The molecule has 0 aromatic heterocycles. The van der Waals surface area contributed by atoms with E-state index in [-0.39, 0.29) is 12.1 Å². The summed E-state index contributed by atoms with van der Waals surface area (Å²) in [6.45, 7) is 0.719. The highest BCUT2D eigenvalue weighted by Crippen LogP contribution is 2.20. The topological polar surface area (TPSA) is 61.3 Å². The highest BCUT2D eigenvalue weighted by atomic mass is 16.6. The third kappa shape index (κ3) is 2.25. The van der Waals surface area contributed by atoms with Crippen LogP contribution in [0.1, 0.15) is 5.56 Å². The third-order valence-electron chi connectivity index (χ3n) is 2.28. The van der Waals surface area contributed by atoms with Gasteiger partial charge in [0.15, 0.2) is 0 Å². The van der Waals surface area contributed by atoms with Crippen molar-refractivity contribution >= 4 is 0 Å². The molecule has 0 spiro atoms. The predicted molar refractivity (Wildman–Crippen MR) is 52.8 cm³/mol. The average molecular weight is 189 g/mol. The maximum atomic E-state index is 8.39. The van der Waals surface area contributed by atoms with Gasteiger partial charge in [-0.15, -0.1) is 0 Å². The summed E-state index contributed by atoms with van der Waals surface area (Å²) in [4.78, 5) is 2.84. The Bertz CT molecular complexity index is 342. The van der Waals surface area contributed by atoms with E-state index < -0.39 is 0 Å². The van der Waals surface area contributed by atoms with Gasteiger partial charge in [0.25, 0.3) is 0 Å². The van der Waals surface area contributed by atoms with Gasteiger partial charge in [0, 0.05) is 4.91 Å². The van der Waals surface area contributed by atoms with Gasteiger partial charge in [-0.3, -0.25) is 0 Å². The first-order valence-corrected chi connectivity index (χ1v) is 4.60. The van der Waals surface area contributed by atoms with Crippen molar-refractivity contribution < 1.29 is 4.74 Å². The van der Waals surface area contributed by atoms with Crippen LogP contribution in [-0.2, 0) is 11.2 Å². The summed E-state index contributed by atoms with van der Waals surface area (Å²) < 4.78 is 5.13. The second-order valence-corrected chi connectivity index (χ2v) is 3.33. The monoisotopic (exact) mass is 189 g/mol. The number of rotatable bonds is 4. The van der Waals surface area contributed by atoms with Crippen LogP contribution in [0.15, 0.2) is 35.4 Å². The maximum absolute atomic E-state index is 8.39. The molecule has 4 nitrogen and oxygen atoms in total. The summed E-state index contributed by atoms with van der Waals surface area (Å²) in [5.74, 6) is 0. The van der Waals surface area contributed by atoms with Gasteiger partial charge in [-0.25, -0.2) is 0 Å². The molecule has 4 heteroatoms. The van der Waals surface area contributed by atoms with E-state index >= 15 is 0 Å². The average Bonchev–Trinajstić information content (AvgIpc) is 3.02. The first kappa shape index (κ1) is 9.06. The normalized spacial score (nSPS) is 21.0. The van der Waals surface area contributed by atoms with Crippen LogP contribution >= 0.6 is 0 Å². The molecular weight excluding hydrogens is 178 g/mol. The van der Waals surface area contributed by atoms with Crippen LogP contribution in [0.25, 0.3) is 10.4 Å². The van der Waals surface area contributed by atoms with Crippen molar-refractivity contribution in [2.45, 2.75) is 18.6 Å². The quantitative estimate of drug-likeness (QED) is 0.310. The number of nitrogens with zero attached hydrogens (tertiary/aromatic N) is 3. The van der Waals surface area contributed by atoms with Crippen LogP contribution in [0.3, 0.4) is 0 Å². The van der Waals surface area contributed by atoms with E-state index in [1.807, 2.05) is 30.3 Å². The largest absolute Gasteiger partial charge is 0.373 e. The second-order valence-electron chi connectivity index (χ2n) is 3.33. The highest BCUT2D eigenvalue weighted by molar-refractivity contribution is 5.16. The van der Waals surface area contributed by atoms with Crippen LogP contribution in [-0.4, -0.2) is 18.8 Å². The van der Waals surface area contributed by atoms with Crippen LogP contribution in [0.4, 0.5) is 0 Å². The van der Waals surface area contributed by atoms with Gasteiger partial charge in [-0.1, -0.05) is 35.4 Å². The first-order valence-electron chi connectivity index (χ1n) is 4.60. The minimum Gasteiger partial charge on any atom is -0.373 e. The molecule has 0 amide bonds. The molecule has 72 valence electrons.